The van der Waals surface area contributed by atoms with Gasteiger partial charge in [-0.05, 0) is 43.5 Å². The Kier molecular flexibility index (Phi) is 3.88. The van der Waals surface area contributed by atoms with Crippen LogP contribution in [0.15, 0.2) is 18.2 Å². The van der Waals surface area contributed by atoms with Crippen LogP contribution in [0.3, 0.4) is 0 Å². The van der Waals surface area contributed by atoms with Crippen molar-refractivity contribution in [3.63, 3.8) is 0 Å². The second-order valence-electron chi connectivity index (χ2n) is 5.34. The second-order valence-corrected chi connectivity index (χ2v) is 5.34. The van der Waals surface area contributed by atoms with Gasteiger partial charge in [0.1, 0.15) is 11.9 Å². The second kappa shape index (κ2) is 5.26. The van der Waals surface area contributed by atoms with Crippen molar-refractivity contribution < 1.29 is 32.3 Å². The van der Waals surface area contributed by atoms with Crippen molar-refractivity contribution in [2.45, 2.75) is 37.4 Å². The number of halogens is 4. The average molecular weight is 319 g/mol. The molecule has 2 rings (SSSR count). The SMILES string of the molecule is C[C@H](NC(=O)C1(c2cc(F)cc(C(F)(F)F)c2)CC1)C(=O)O. The number of nitrogens with one attached hydrogen (secondary N) is 1. The summed E-state index contributed by atoms with van der Waals surface area (Å²) in [6.07, 6.45) is -4.24. The molecule has 1 aliphatic carbocycles. The molecule has 8 heteroatoms. The molecule has 1 aliphatic rings. The summed E-state index contributed by atoms with van der Waals surface area (Å²) in [5.74, 6) is -3.06. The van der Waals surface area contributed by atoms with E-state index in [2.05, 4.69) is 5.32 Å². The maximum Gasteiger partial charge on any atom is 0.416 e. The van der Waals surface area contributed by atoms with E-state index in [0.29, 0.717) is 6.07 Å². The van der Waals surface area contributed by atoms with E-state index in [1.807, 2.05) is 0 Å². The van der Waals surface area contributed by atoms with Gasteiger partial charge < -0.3 is 10.4 Å². The molecule has 1 saturated carbocycles. The molecule has 4 nitrogen and oxygen atoms in total. The number of alkyl halides is 3. The Labute approximate surface area is 123 Å². The van der Waals surface area contributed by atoms with Crippen molar-refractivity contribution in [1.29, 1.82) is 0 Å². The monoisotopic (exact) mass is 319 g/mol. The maximum absolute atomic E-state index is 13.4. The van der Waals surface area contributed by atoms with Crippen LogP contribution in [-0.2, 0) is 21.2 Å². The number of carboxylic acid groups (broad SMARTS) is 1. The molecule has 1 fully saturated rings. The third-order valence-electron chi connectivity index (χ3n) is 3.68. The smallest absolute Gasteiger partial charge is 0.416 e. The normalized spacial score (nSPS) is 17.7. The van der Waals surface area contributed by atoms with E-state index in [-0.39, 0.29) is 18.4 Å². The lowest BCUT2D eigenvalue weighted by molar-refractivity contribution is -0.141. The van der Waals surface area contributed by atoms with Gasteiger partial charge in [0.25, 0.3) is 0 Å². The fourth-order valence-electron chi connectivity index (χ4n) is 2.20. The number of benzene rings is 1. The minimum absolute atomic E-state index is 0.0880. The number of rotatable bonds is 4. The molecule has 0 spiro atoms. The van der Waals surface area contributed by atoms with Gasteiger partial charge in [0, 0.05) is 0 Å². The van der Waals surface area contributed by atoms with E-state index in [9.17, 15) is 27.2 Å². The summed E-state index contributed by atoms with van der Waals surface area (Å²) >= 11 is 0. The minimum atomic E-state index is -4.72. The quantitative estimate of drug-likeness (QED) is 0.838. The first-order chi connectivity index (χ1) is 10.1. The molecular formula is C14H13F4NO3. The molecule has 120 valence electrons. The van der Waals surface area contributed by atoms with E-state index < -0.39 is 40.9 Å². The molecule has 1 aromatic rings. The molecule has 1 atom stereocenters. The largest absolute Gasteiger partial charge is 0.480 e. The van der Waals surface area contributed by atoms with Crippen LogP contribution < -0.4 is 5.32 Å². The van der Waals surface area contributed by atoms with E-state index in [1.165, 1.54) is 6.92 Å². The summed E-state index contributed by atoms with van der Waals surface area (Å²) in [5, 5.41) is 11.0. The molecule has 0 unspecified atom stereocenters. The summed E-state index contributed by atoms with van der Waals surface area (Å²) in [4.78, 5) is 22.9. The zero-order valence-corrected chi connectivity index (χ0v) is 11.5. The van der Waals surface area contributed by atoms with Gasteiger partial charge in [0.15, 0.2) is 0 Å². The maximum atomic E-state index is 13.4. The van der Waals surface area contributed by atoms with Crippen molar-refractivity contribution in [2.24, 2.45) is 0 Å². The summed E-state index contributed by atoms with van der Waals surface area (Å²) in [7, 11) is 0. The average Bonchev–Trinajstić information content (AvgIpc) is 3.18. The van der Waals surface area contributed by atoms with Gasteiger partial charge in [0.2, 0.25) is 5.91 Å². The Hall–Kier alpha value is -2.12. The summed E-state index contributed by atoms with van der Waals surface area (Å²) in [6.45, 7) is 1.24. The number of amides is 1. The van der Waals surface area contributed by atoms with Crippen LogP contribution in [0.5, 0.6) is 0 Å². The molecule has 0 heterocycles. The number of hydrogen-bond acceptors (Lipinski definition) is 2. The van der Waals surface area contributed by atoms with Crippen molar-refractivity contribution in [3.05, 3.63) is 35.1 Å². The number of hydrogen-bond donors (Lipinski definition) is 2. The Bertz CT molecular complexity index is 623. The first-order valence-corrected chi connectivity index (χ1v) is 6.48. The van der Waals surface area contributed by atoms with Gasteiger partial charge in [-0.1, -0.05) is 0 Å². The van der Waals surface area contributed by atoms with Crippen LogP contribution in [0.4, 0.5) is 17.6 Å². The standard InChI is InChI=1S/C14H13F4NO3/c1-7(11(20)21)19-12(22)13(2-3-13)8-4-9(14(16,17)18)6-10(15)5-8/h4-7H,2-3H2,1H3,(H,19,22)(H,20,21)/t7-/m0/s1. The highest BCUT2D eigenvalue weighted by atomic mass is 19.4. The van der Waals surface area contributed by atoms with E-state index >= 15 is 0 Å². The van der Waals surface area contributed by atoms with Crippen LogP contribution in [0.2, 0.25) is 0 Å². The topological polar surface area (TPSA) is 66.4 Å². The molecule has 22 heavy (non-hydrogen) atoms. The first-order valence-electron chi connectivity index (χ1n) is 6.48. The summed E-state index contributed by atoms with van der Waals surface area (Å²) in [6, 6.07) is 0.798. The zero-order chi connectivity index (χ0) is 16.7. The zero-order valence-electron chi connectivity index (χ0n) is 11.5. The molecule has 1 amide bonds. The predicted molar refractivity (Wildman–Crippen MR) is 67.6 cm³/mol. The van der Waals surface area contributed by atoms with Gasteiger partial charge in [-0.15, -0.1) is 0 Å². The van der Waals surface area contributed by atoms with Crippen molar-refractivity contribution >= 4 is 11.9 Å². The molecule has 2 N–H and O–H groups in total. The Morgan fingerprint density at radius 3 is 2.32 bits per heavy atom. The summed E-state index contributed by atoms with van der Waals surface area (Å²) < 4.78 is 51.6. The fourth-order valence-corrected chi connectivity index (χ4v) is 2.20. The third-order valence-corrected chi connectivity index (χ3v) is 3.68. The van der Waals surface area contributed by atoms with Gasteiger partial charge in [-0.3, -0.25) is 9.59 Å². The van der Waals surface area contributed by atoms with Gasteiger partial charge in [-0.25, -0.2) is 4.39 Å². The van der Waals surface area contributed by atoms with E-state index in [4.69, 9.17) is 5.11 Å². The highest BCUT2D eigenvalue weighted by Crippen LogP contribution is 2.49. The van der Waals surface area contributed by atoms with E-state index in [0.717, 1.165) is 12.1 Å². The first kappa shape index (κ1) is 16.3. The molecule has 0 aliphatic heterocycles. The van der Waals surface area contributed by atoms with Crippen LogP contribution in [0.25, 0.3) is 0 Å². The summed E-state index contributed by atoms with van der Waals surface area (Å²) in [5.41, 5.74) is -2.55. The number of carbonyl (C=O) groups is 2. The van der Waals surface area contributed by atoms with Gasteiger partial charge in [0.05, 0.1) is 11.0 Å². The Morgan fingerprint density at radius 2 is 1.86 bits per heavy atom. The number of carboxylic acids is 1. The van der Waals surface area contributed by atoms with Crippen LogP contribution >= 0.6 is 0 Å². The molecular weight excluding hydrogens is 306 g/mol. The Morgan fingerprint density at radius 1 is 1.27 bits per heavy atom. The van der Waals surface area contributed by atoms with Crippen molar-refractivity contribution in [3.8, 4) is 0 Å². The highest BCUT2D eigenvalue weighted by molar-refractivity contribution is 5.93. The van der Waals surface area contributed by atoms with Gasteiger partial charge in [-0.2, -0.15) is 13.2 Å². The van der Waals surface area contributed by atoms with Crippen molar-refractivity contribution in [2.75, 3.05) is 0 Å². The van der Waals surface area contributed by atoms with E-state index in [1.54, 1.807) is 0 Å². The molecule has 0 saturated heterocycles. The van der Waals surface area contributed by atoms with Crippen LogP contribution in [0.1, 0.15) is 30.9 Å². The molecule has 0 aromatic heterocycles. The molecule has 1 aromatic carbocycles. The Balaban J connectivity index is 2.33. The predicted octanol–water partition coefficient (Wildman–Crippen LogP) is 2.47. The third kappa shape index (κ3) is 3.05. The van der Waals surface area contributed by atoms with Crippen molar-refractivity contribution in [1.82, 2.24) is 5.32 Å². The lowest BCUT2D eigenvalue weighted by atomic mass is 9.92. The van der Waals surface area contributed by atoms with Crippen LogP contribution in [-0.4, -0.2) is 23.0 Å². The molecule has 0 bridgehead atoms. The van der Waals surface area contributed by atoms with Gasteiger partial charge >= 0.3 is 12.1 Å². The lowest BCUT2D eigenvalue weighted by Crippen LogP contribution is -2.44. The lowest BCUT2D eigenvalue weighted by Gasteiger charge is -2.19. The fraction of sp³-hybridized carbons (Fsp3) is 0.429. The van der Waals surface area contributed by atoms with Crippen LogP contribution in [0, 0.1) is 5.82 Å². The highest BCUT2D eigenvalue weighted by Gasteiger charge is 2.52. The number of aliphatic carboxylic acids is 1. The number of carbonyl (C=O) groups excluding carboxylic acids is 1. The minimum Gasteiger partial charge on any atom is -0.480 e. The molecule has 0 radical (unpaired) electrons.